The van der Waals surface area contributed by atoms with Gasteiger partial charge in [0.05, 0.1) is 5.92 Å². The second-order valence-electron chi connectivity index (χ2n) is 4.80. The highest BCUT2D eigenvalue weighted by Crippen LogP contribution is 2.40. The molecule has 0 heterocycles. The lowest BCUT2D eigenvalue weighted by Gasteiger charge is -2.34. The van der Waals surface area contributed by atoms with Crippen molar-refractivity contribution in [2.24, 2.45) is 5.73 Å². The monoisotopic (exact) mass is 306 g/mol. The van der Waals surface area contributed by atoms with Crippen molar-refractivity contribution in [3.63, 3.8) is 0 Å². The Hall–Kier alpha value is -1.37. The molecule has 7 heteroatoms. The number of rotatable bonds is 2. The van der Waals surface area contributed by atoms with E-state index in [-0.39, 0.29) is 10.7 Å². The molecule has 0 amide bonds. The molecule has 2 rings (SSSR count). The smallest absolute Gasteiger partial charge is 0.168 e. The van der Waals surface area contributed by atoms with Gasteiger partial charge in [-0.2, -0.15) is 0 Å². The summed E-state index contributed by atoms with van der Waals surface area (Å²) in [7, 11) is 0. The first kappa shape index (κ1) is 15.0. The molecule has 0 radical (unpaired) electrons. The van der Waals surface area contributed by atoms with Gasteiger partial charge in [0.1, 0.15) is 24.7 Å². The highest BCUT2D eigenvalue weighted by atomic mass is 32.1. The predicted molar refractivity (Wildman–Crippen MR) is 73.8 cm³/mol. The molecule has 1 aromatic carbocycles. The maximum Gasteiger partial charge on any atom is 0.168 e. The molecule has 4 unspecified atom stereocenters. The molecule has 110 valence electrons. The van der Waals surface area contributed by atoms with Crippen molar-refractivity contribution in [2.45, 2.75) is 37.0 Å². The first-order chi connectivity index (χ1) is 9.40. The number of halogens is 4. The van der Waals surface area contributed by atoms with Crippen molar-refractivity contribution >= 4 is 23.0 Å². The Morgan fingerprint density at radius 1 is 1.15 bits per heavy atom. The zero-order valence-corrected chi connectivity index (χ0v) is 11.2. The Morgan fingerprint density at radius 3 is 2.30 bits per heavy atom. The number of nitrogens with one attached hydrogen (secondary N) is 1. The van der Waals surface area contributed by atoms with E-state index in [0.717, 1.165) is 0 Å². The molecule has 3 N–H and O–H groups in total. The minimum Gasteiger partial charge on any atom is -0.376 e. The standard InChI is InChI=1S/C13H14F4N2S/c14-8-5-9(15)12(17)10(11(8)16)6-2-1-3-7(4-6)19-13(18)20/h1-4,8-12H,5H2,(H3,18,19,20). The van der Waals surface area contributed by atoms with Crippen LogP contribution >= 0.6 is 12.2 Å². The van der Waals surface area contributed by atoms with Crippen molar-refractivity contribution in [3.05, 3.63) is 29.8 Å². The van der Waals surface area contributed by atoms with E-state index in [4.69, 9.17) is 5.73 Å². The van der Waals surface area contributed by atoms with Gasteiger partial charge in [-0.05, 0) is 29.9 Å². The number of nitrogens with two attached hydrogens (primary N) is 1. The maximum absolute atomic E-state index is 13.9. The molecule has 0 spiro atoms. The summed E-state index contributed by atoms with van der Waals surface area (Å²) in [5, 5.41) is 2.60. The first-order valence-corrected chi connectivity index (χ1v) is 6.53. The average Bonchev–Trinajstić information content (AvgIpc) is 2.36. The third-order valence-electron chi connectivity index (χ3n) is 3.37. The lowest BCUT2D eigenvalue weighted by Crippen LogP contribution is -2.43. The Balaban J connectivity index is 2.30. The molecule has 20 heavy (non-hydrogen) atoms. The van der Waals surface area contributed by atoms with Gasteiger partial charge in [-0.25, -0.2) is 17.6 Å². The fourth-order valence-corrected chi connectivity index (χ4v) is 2.55. The van der Waals surface area contributed by atoms with Crippen LogP contribution in [0.1, 0.15) is 17.9 Å². The van der Waals surface area contributed by atoms with Crippen LogP contribution in [0.15, 0.2) is 24.3 Å². The Kier molecular flexibility index (Phi) is 4.47. The van der Waals surface area contributed by atoms with Gasteiger partial charge in [0.2, 0.25) is 0 Å². The second kappa shape index (κ2) is 5.95. The predicted octanol–water partition coefficient (Wildman–Crippen LogP) is 3.18. The summed E-state index contributed by atoms with van der Waals surface area (Å²) in [6.07, 6.45) is -8.90. The fraction of sp³-hybridized carbons (Fsp3) is 0.462. The number of benzene rings is 1. The summed E-state index contributed by atoms with van der Waals surface area (Å²) < 4.78 is 54.6. The highest BCUT2D eigenvalue weighted by molar-refractivity contribution is 7.80. The molecule has 2 nitrogen and oxygen atoms in total. The van der Waals surface area contributed by atoms with E-state index in [1.807, 2.05) is 0 Å². The van der Waals surface area contributed by atoms with Crippen LogP contribution in [-0.4, -0.2) is 29.8 Å². The molecular formula is C13H14F4N2S. The molecule has 0 bridgehead atoms. The fourth-order valence-electron chi connectivity index (χ4n) is 2.43. The normalized spacial score (nSPS) is 33.7. The number of anilines is 1. The Bertz CT molecular complexity index is 485. The zero-order chi connectivity index (χ0) is 14.9. The minimum atomic E-state index is -2.07. The third kappa shape index (κ3) is 3.03. The summed E-state index contributed by atoms with van der Waals surface area (Å²) in [4.78, 5) is 0. The van der Waals surface area contributed by atoms with E-state index in [0.29, 0.717) is 5.69 Å². The number of thiocarbonyl (C=S) groups is 1. The van der Waals surface area contributed by atoms with E-state index < -0.39 is 37.0 Å². The molecule has 1 aromatic rings. The quantitative estimate of drug-likeness (QED) is 0.651. The second-order valence-corrected chi connectivity index (χ2v) is 5.24. The van der Waals surface area contributed by atoms with Gasteiger partial charge in [0.25, 0.3) is 0 Å². The first-order valence-electron chi connectivity index (χ1n) is 6.13. The average molecular weight is 306 g/mol. The Morgan fingerprint density at radius 2 is 1.75 bits per heavy atom. The minimum absolute atomic E-state index is 0.00822. The summed E-state index contributed by atoms with van der Waals surface area (Å²) in [5.74, 6) is -1.47. The number of hydrogen-bond acceptors (Lipinski definition) is 1. The molecule has 0 aliphatic heterocycles. The number of alkyl halides is 4. The van der Waals surface area contributed by atoms with Crippen LogP contribution in [0, 0.1) is 0 Å². The van der Waals surface area contributed by atoms with Crippen molar-refractivity contribution in [1.29, 1.82) is 0 Å². The molecule has 0 aromatic heterocycles. The van der Waals surface area contributed by atoms with Gasteiger partial charge < -0.3 is 11.1 Å². The summed E-state index contributed by atoms with van der Waals surface area (Å²) in [6, 6.07) is 5.93. The summed E-state index contributed by atoms with van der Waals surface area (Å²) in [6.45, 7) is 0. The lowest BCUT2D eigenvalue weighted by molar-refractivity contribution is -0.00569. The largest absolute Gasteiger partial charge is 0.376 e. The van der Waals surface area contributed by atoms with Crippen molar-refractivity contribution < 1.29 is 17.6 Å². The van der Waals surface area contributed by atoms with Crippen LogP contribution in [0.3, 0.4) is 0 Å². The van der Waals surface area contributed by atoms with E-state index >= 15 is 0 Å². The SMILES string of the molecule is NC(=S)Nc1cccc(C2C(F)C(F)CC(F)C2F)c1. The van der Waals surface area contributed by atoms with Gasteiger partial charge in [0.15, 0.2) is 5.11 Å². The zero-order valence-electron chi connectivity index (χ0n) is 10.4. The number of hydrogen-bond donors (Lipinski definition) is 2. The molecule has 0 saturated heterocycles. The Labute approximate surface area is 119 Å². The van der Waals surface area contributed by atoms with Gasteiger partial charge >= 0.3 is 0 Å². The summed E-state index contributed by atoms with van der Waals surface area (Å²) in [5.41, 5.74) is 5.90. The van der Waals surface area contributed by atoms with Crippen LogP contribution in [0.2, 0.25) is 0 Å². The van der Waals surface area contributed by atoms with E-state index in [1.54, 1.807) is 6.07 Å². The maximum atomic E-state index is 13.9. The van der Waals surface area contributed by atoms with Gasteiger partial charge in [0, 0.05) is 12.1 Å². The van der Waals surface area contributed by atoms with Gasteiger partial charge in [-0.3, -0.25) is 0 Å². The topological polar surface area (TPSA) is 38.0 Å². The lowest BCUT2D eigenvalue weighted by atomic mass is 9.79. The van der Waals surface area contributed by atoms with Crippen LogP contribution in [0.5, 0.6) is 0 Å². The van der Waals surface area contributed by atoms with Crippen molar-refractivity contribution in [1.82, 2.24) is 0 Å². The van der Waals surface area contributed by atoms with E-state index in [2.05, 4.69) is 17.5 Å². The molecule has 1 fully saturated rings. The molecule has 4 atom stereocenters. The van der Waals surface area contributed by atoms with Crippen LogP contribution in [0.25, 0.3) is 0 Å². The molecular weight excluding hydrogens is 292 g/mol. The van der Waals surface area contributed by atoms with Crippen LogP contribution < -0.4 is 11.1 Å². The van der Waals surface area contributed by atoms with Gasteiger partial charge in [-0.15, -0.1) is 0 Å². The van der Waals surface area contributed by atoms with Crippen molar-refractivity contribution in [2.75, 3.05) is 5.32 Å². The van der Waals surface area contributed by atoms with Crippen molar-refractivity contribution in [3.8, 4) is 0 Å². The highest BCUT2D eigenvalue weighted by Gasteiger charge is 2.47. The third-order valence-corrected chi connectivity index (χ3v) is 3.47. The van der Waals surface area contributed by atoms with E-state index in [1.165, 1.54) is 18.2 Å². The van der Waals surface area contributed by atoms with Crippen LogP contribution in [0.4, 0.5) is 23.2 Å². The van der Waals surface area contributed by atoms with Crippen LogP contribution in [-0.2, 0) is 0 Å². The van der Waals surface area contributed by atoms with Gasteiger partial charge in [-0.1, -0.05) is 12.1 Å². The molecule has 1 aliphatic carbocycles. The molecule has 1 aliphatic rings. The van der Waals surface area contributed by atoms with E-state index in [9.17, 15) is 17.6 Å². The summed E-state index contributed by atoms with van der Waals surface area (Å²) >= 11 is 4.66. The molecule has 1 saturated carbocycles.